The number of aromatic nitrogens is 1. The second-order valence-electron chi connectivity index (χ2n) is 7.06. The molecule has 0 aliphatic carbocycles. The molecule has 3 heterocycles. The number of quaternary nitrogens is 1. The number of benzene rings is 1. The van der Waals surface area contributed by atoms with Gasteiger partial charge in [-0.25, -0.2) is 4.99 Å². The lowest BCUT2D eigenvalue weighted by Crippen LogP contribution is -2.77. The van der Waals surface area contributed by atoms with Crippen LogP contribution in [0.3, 0.4) is 0 Å². The van der Waals surface area contributed by atoms with Crippen molar-refractivity contribution in [3.8, 4) is 0 Å². The van der Waals surface area contributed by atoms with E-state index < -0.39 is 0 Å². The molecule has 0 radical (unpaired) electrons. The van der Waals surface area contributed by atoms with Crippen LogP contribution in [0.15, 0.2) is 65.7 Å². The quantitative estimate of drug-likeness (QED) is 0.437. The summed E-state index contributed by atoms with van der Waals surface area (Å²) in [5.74, 6) is 0.577. The average molecular weight is 402 g/mol. The van der Waals surface area contributed by atoms with Crippen LogP contribution in [-0.2, 0) is 0 Å². The first kappa shape index (κ1) is 19.7. The Hall–Kier alpha value is -3.62. The van der Waals surface area contributed by atoms with Gasteiger partial charge in [0.15, 0.2) is 0 Å². The van der Waals surface area contributed by atoms with Gasteiger partial charge in [0.25, 0.3) is 5.91 Å². The molecule has 30 heavy (non-hydrogen) atoms. The second-order valence-corrected chi connectivity index (χ2v) is 7.06. The summed E-state index contributed by atoms with van der Waals surface area (Å²) in [4.78, 5) is 23.3. The van der Waals surface area contributed by atoms with E-state index in [4.69, 9.17) is 11.1 Å². The van der Waals surface area contributed by atoms with Gasteiger partial charge in [-0.1, -0.05) is 18.2 Å². The van der Waals surface area contributed by atoms with E-state index in [-0.39, 0.29) is 11.7 Å². The Labute approximate surface area is 174 Å². The minimum atomic E-state index is -0.0790. The minimum Gasteiger partial charge on any atom is -0.383 e. The fraction of sp³-hybridized carbons (Fsp3) is 0.182. The molecule has 0 saturated carbocycles. The Morgan fingerprint density at radius 3 is 2.50 bits per heavy atom. The predicted molar refractivity (Wildman–Crippen MR) is 117 cm³/mol. The minimum absolute atomic E-state index is 0.0626. The van der Waals surface area contributed by atoms with E-state index in [0.29, 0.717) is 22.7 Å². The summed E-state index contributed by atoms with van der Waals surface area (Å²) >= 11 is 0. The number of nitrogens with zero attached hydrogens (tertiary/aromatic N) is 3. The number of hydrogen-bond acceptors (Lipinski definition) is 5. The lowest BCUT2D eigenvalue weighted by Gasteiger charge is -2.27. The molecule has 2 aliphatic heterocycles. The first-order chi connectivity index (χ1) is 14.6. The van der Waals surface area contributed by atoms with E-state index in [9.17, 15) is 4.79 Å². The molecule has 0 unspecified atom stereocenters. The number of amides is 1. The van der Waals surface area contributed by atoms with Crippen LogP contribution >= 0.6 is 0 Å². The maximum absolute atomic E-state index is 12.6. The highest BCUT2D eigenvalue weighted by Gasteiger charge is 2.20. The molecular weight excluding hydrogens is 378 g/mol. The van der Waals surface area contributed by atoms with Gasteiger partial charge in [-0.05, 0) is 29.8 Å². The molecule has 0 atom stereocenters. The highest BCUT2D eigenvalue weighted by Crippen LogP contribution is 2.19. The van der Waals surface area contributed by atoms with Gasteiger partial charge in [0.05, 0.1) is 11.3 Å². The van der Waals surface area contributed by atoms with Crippen molar-refractivity contribution in [1.29, 1.82) is 5.41 Å². The number of rotatable bonds is 4. The molecule has 1 amide bonds. The van der Waals surface area contributed by atoms with Gasteiger partial charge < -0.3 is 16.0 Å². The molecule has 152 valence electrons. The Balaban J connectivity index is 1.51. The van der Waals surface area contributed by atoms with Crippen molar-refractivity contribution in [1.82, 2.24) is 15.2 Å². The Morgan fingerprint density at radius 2 is 1.90 bits per heavy atom. The van der Waals surface area contributed by atoms with Gasteiger partial charge >= 0.3 is 0 Å². The molecule has 8 heteroatoms. The van der Waals surface area contributed by atoms with E-state index in [0.717, 1.165) is 37.3 Å². The van der Waals surface area contributed by atoms with Crippen LogP contribution < -0.4 is 16.4 Å². The summed E-state index contributed by atoms with van der Waals surface area (Å²) in [6.07, 6.45) is 5.34. The van der Waals surface area contributed by atoms with E-state index in [1.807, 2.05) is 52.8 Å². The van der Waals surface area contributed by atoms with Crippen molar-refractivity contribution in [3.05, 3.63) is 77.5 Å². The number of carbonyl (C=O) groups excluding carboxylic acids is 1. The van der Waals surface area contributed by atoms with Crippen molar-refractivity contribution in [2.24, 2.45) is 10.7 Å². The van der Waals surface area contributed by atoms with E-state index >= 15 is 0 Å². The van der Waals surface area contributed by atoms with Crippen LogP contribution in [0.4, 0.5) is 0 Å². The summed E-state index contributed by atoms with van der Waals surface area (Å²) in [5.41, 5.74) is 9.47. The molecule has 2 aromatic rings. The smallest absolute Gasteiger partial charge is 0.253 e. The first-order valence-corrected chi connectivity index (χ1v) is 9.83. The number of piperazine rings is 1. The van der Waals surface area contributed by atoms with Crippen LogP contribution in [0.25, 0.3) is 11.1 Å². The molecule has 4 rings (SSSR count). The van der Waals surface area contributed by atoms with E-state index in [1.165, 1.54) is 0 Å². The summed E-state index contributed by atoms with van der Waals surface area (Å²) in [7, 11) is 0. The Bertz CT molecular complexity index is 1030. The zero-order valence-electron chi connectivity index (χ0n) is 16.5. The maximum Gasteiger partial charge on any atom is 0.253 e. The molecule has 1 aromatic carbocycles. The molecule has 0 bridgehead atoms. The number of aliphatic imine (C=N–C) groups is 1. The van der Waals surface area contributed by atoms with E-state index in [1.54, 1.807) is 18.5 Å². The van der Waals surface area contributed by atoms with Gasteiger partial charge in [0.2, 0.25) is 5.82 Å². The van der Waals surface area contributed by atoms with Crippen molar-refractivity contribution in [3.63, 3.8) is 0 Å². The number of hydrogen-bond donors (Lipinski definition) is 4. The van der Waals surface area contributed by atoms with E-state index in [2.05, 4.69) is 15.3 Å². The highest BCUT2D eigenvalue weighted by atomic mass is 16.2. The summed E-state index contributed by atoms with van der Waals surface area (Å²) in [6, 6.07) is 13.0. The standard InChI is InChI=1S/C22H23N7O/c23-20(24)19(18-3-1-2-8-26-18)21-27-13-17(14-28-21)15-4-6-16(7-5-15)22(30)29-11-9-25-10-12-29/h1-8,13-14,25,27H,9-12H2,(H3,23,24)/p+1/b21-19+. The number of nitrogens with two attached hydrogens (primary N) is 2. The molecule has 2 aliphatic rings. The van der Waals surface area contributed by atoms with Crippen molar-refractivity contribution in [2.75, 3.05) is 26.2 Å². The van der Waals surface area contributed by atoms with Crippen molar-refractivity contribution >= 4 is 29.1 Å². The number of amidine groups is 1. The number of nitrogens with one attached hydrogen (secondary N) is 2. The van der Waals surface area contributed by atoms with Crippen LogP contribution in [0, 0.1) is 5.41 Å². The lowest BCUT2D eigenvalue weighted by atomic mass is 10.0. The van der Waals surface area contributed by atoms with Crippen LogP contribution in [-0.4, -0.2) is 54.0 Å². The van der Waals surface area contributed by atoms with Gasteiger partial charge in [0.1, 0.15) is 17.6 Å². The van der Waals surface area contributed by atoms with Crippen molar-refractivity contribution in [2.45, 2.75) is 0 Å². The Kier molecular flexibility index (Phi) is 5.78. The van der Waals surface area contributed by atoms with Crippen LogP contribution in [0.2, 0.25) is 0 Å². The molecule has 1 aromatic heterocycles. The molecule has 6 N–H and O–H groups in total. The molecule has 1 saturated heterocycles. The predicted octanol–water partition coefficient (Wildman–Crippen LogP) is 0.420. The van der Waals surface area contributed by atoms with Gasteiger partial charge in [-0.2, -0.15) is 0 Å². The first-order valence-electron chi connectivity index (χ1n) is 9.83. The third kappa shape index (κ3) is 4.19. The molecule has 0 spiro atoms. The number of pyridine rings is 1. The summed E-state index contributed by atoms with van der Waals surface area (Å²) < 4.78 is 0. The fourth-order valence-electron chi connectivity index (χ4n) is 3.49. The summed E-state index contributed by atoms with van der Waals surface area (Å²) in [6.45, 7) is 3.13. The normalized spacial score (nSPS) is 18.0. The van der Waals surface area contributed by atoms with Gasteiger partial charge in [-0.3, -0.25) is 20.5 Å². The molecule has 8 nitrogen and oxygen atoms in total. The van der Waals surface area contributed by atoms with Crippen LogP contribution in [0.5, 0.6) is 0 Å². The van der Waals surface area contributed by atoms with Gasteiger partial charge in [0, 0.05) is 44.2 Å². The zero-order chi connectivity index (χ0) is 20.9. The fourth-order valence-corrected chi connectivity index (χ4v) is 3.49. The monoisotopic (exact) mass is 402 g/mol. The summed E-state index contributed by atoms with van der Waals surface area (Å²) in [5, 5.41) is 13.0. The third-order valence-electron chi connectivity index (χ3n) is 5.08. The topological polar surface area (TPSA) is 124 Å². The molecule has 1 fully saturated rings. The average Bonchev–Trinajstić information content (AvgIpc) is 2.80. The highest BCUT2D eigenvalue weighted by molar-refractivity contribution is 6.21. The Morgan fingerprint density at radius 1 is 1.13 bits per heavy atom. The third-order valence-corrected chi connectivity index (χ3v) is 5.08. The molecular formula is C22H24N7O+. The SMILES string of the molecule is N=C(N)/C(=C1/N=CC(c2ccc(C(=O)N3CCNCC3)cc2)=C[NH2+]1)c1ccccn1. The lowest BCUT2D eigenvalue weighted by molar-refractivity contribution is -0.534. The zero-order valence-corrected chi connectivity index (χ0v) is 16.5. The second kappa shape index (κ2) is 8.81. The van der Waals surface area contributed by atoms with Crippen LogP contribution in [0.1, 0.15) is 21.6 Å². The van der Waals surface area contributed by atoms with Crippen molar-refractivity contribution < 1.29 is 10.1 Å². The van der Waals surface area contributed by atoms with Gasteiger partial charge in [-0.15, -0.1) is 0 Å². The number of carbonyl (C=O) groups is 1. The largest absolute Gasteiger partial charge is 0.383 e. The maximum atomic E-state index is 12.6. The number of allylic oxidation sites excluding steroid dienone is 1.